The fourth-order valence-electron chi connectivity index (χ4n) is 1.11. The summed E-state index contributed by atoms with van der Waals surface area (Å²) in [4.78, 5) is 19.8. The molecule has 2 aromatic heterocycles. The van der Waals surface area contributed by atoms with E-state index in [0.717, 1.165) is 5.01 Å². The lowest BCUT2D eigenvalue weighted by Crippen LogP contribution is -2.01. The fraction of sp³-hybridized carbons (Fsp3) is 0.100. The first-order valence-electron chi connectivity index (χ1n) is 4.14. The first-order valence-corrected chi connectivity index (χ1v) is 5.02. The third-order valence-corrected chi connectivity index (χ3v) is 2.55. The van der Waals surface area contributed by atoms with Gasteiger partial charge >= 0.3 is 0 Å². The van der Waals surface area contributed by atoms with Crippen LogP contribution in [0.1, 0.15) is 21.1 Å². The zero-order valence-electron chi connectivity index (χ0n) is 7.60. The second-order valence-electron chi connectivity index (χ2n) is 2.82. The van der Waals surface area contributed by atoms with Gasteiger partial charge in [-0.3, -0.25) is 9.78 Å². The summed E-state index contributed by atoms with van der Waals surface area (Å²) in [5, 5.41) is 2.67. The summed E-state index contributed by atoms with van der Waals surface area (Å²) in [7, 11) is 0. The van der Waals surface area contributed by atoms with Gasteiger partial charge in [-0.05, 0) is 19.1 Å². The Kier molecular flexibility index (Phi) is 2.37. The van der Waals surface area contributed by atoms with E-state index in [-0.39, 0.29) is 5.78 Å². The Balaban J connectivity index is 2.34. The molecule has 4 heteroatoms. The van der Waals surface area contributed by atoms with Crippen molar-refractivity contribution in [3.8, 4) is 0 Å². The largest absolute Gasteiger partial charge is 0.287 e. The highest BCUT2D eigenvalue weighted by Gasteiger charge is 2.11. The maximum absolute atomic E-state index is 11.8. The van der Waals surface area contributed by atoms with E-state index in [0.29, 0.717) is 11.3 Å². The summed E-state index contributed by atoms with van der Waals surface area (Å²) in [5.74, 6) is -0.0672. The molecular formula is C10H8N2OS. The molecule has 0 spiro atoms. The van der Waals surface area contributed by atoms with Gasteiger partial charge in [0.05, 0.1) is 5.01 Å². The third-order valence-electron chi connectivity index (χ3n) is 1.78. The minimum Gasteiger partial charge on any atom is -0.287 e. The van der Waals surface area contributed by atoms with Crippen LogP contribution in [0.5, 0.6) is 0 Å². The van der Waals surface area contributed by atoms with Crippen LogP contribution in [0.4, 0.5) is 0 Å². The predicted molar refractivity (Wildman–Crippen MR) is 54.5 cm³/mol. The molecule has 0 radical (unpaired) electrons. The topological polar surface area (TPSA) is 42.9 Å². The number of rotatable bonds is 2. The van der Waals surface area contributed by atoms with Gasteiger partial charge in [-0.25, -0.2) is 4.98 Å². The molecule has 0 aliphatic rings. The van der Waals surface area contributed by atoms with Gasteiger partial charge in [0, 0.05) is 23.3 Å². The average molecular weight is 204 g/mol. The van der Waals surface area contributed by atoms with Crippen LogP contribution in [0.3, 0.4) is 0 Å². The maximum Gasteiger partial charge on any atom is 0.213 e. The van der Waals surface area contributed by atoms with Crippen molar-refractivity contribution in [1.82, 2.24) is 9.97 Å². The Morgan fingerprint density at radius 1 is 1.50 bits per heavy atom. The lowest BCUT2D eigenvalue weighted by atomic mass is 10.1. The number of nitrogens with zero attached hydrogens (tertiary/aromatic N) is 2. The van der Waals surface area contributed by atoms with Crippen LogP contribution in [0.15, 0.2) is 29.9 Å². The number of hydrogen-bond acceptors (Lipinski definition) is 4. The van der Waals surface area contributed by atoms with E-state index < -0.39 is 0 Å². The molecule has 14 heavy (non-hydrogen) atoms. The quantitative estimate of drug-likeness (QED) is 0.703. The monoisotopic (exact) mass is 204 g/mol. The third kappa shape index (κ3) is 1.70. The van der Waals surface area contributed by atoms with E-state index in [1.807, 2.05) is 6.92 Å². The highest BCUT2D eigenvalue weighted by Crippen LogP contribution is 2.12. The molecule has 70 valence electrons. The maximum atomic E-state index is 11.8. The minimum absolute atomic E-state index is 0.0672. The standard InChI is InChI=1S/C10H8N2OS/c1-7-12-9(6-14-7)10(13)8-3-2-4-11-5-8/h2-6H,1H3. The molecule has 0 bridgehead atoms. The lowest BCUT2D eigenvalue weighted by molar-refractivity contribution is 0.103. The summed E-state index contributed by atoms with van der Waals surface area (Å²) in [5.41, 5.74) is 1.08. The normalized spacial score (nSPS) is 10.1. The predicted octanol–water partition coefficient (Wildman–Crippen LogP) is 2.08. The van der Waals surface area contributed by atoms with Crippen LogP contribution in [0, 0.1) is 6.92 Å². The molecule has 3 nitrogen and oxygen atoms in total. The van der Waals surface area contributed by atoms with E-state index in [2.05, 4.69) is 9.97 Å². The highest BCUT2D eigenvalue weighted by atomic mass is 32.1. The van der Waals surface area contributed by atoms with Gasteiger partial charge in [0.2, 0.25) is 5.78 Å². The molecule has 0 aliphatic carbocycles. The minimum atomic E-state index is -0.0672. The van der Waals surface area contributed by atoms with Crippen LogP contribution in [0.2, 0.25) is 0 Å². The van der Waals surface area contributed by atoms with Gasteiger partial charge in [-0.15, -0.1) is 11.3 Å². The molecule has 0 unspecified atom stereocenters. The van der Waals surface area contributed by atoms with Crippen LogP contribution < -0.4 is 0 Å². The number of ketones is 1. The van der Waals surface area contributed by atoms with Crippen LogP contribution >= 0.6 is 11.3 Å². The Morgan fingerprint density at radius 3 is 2.93 bits per heavy atom. The number of aromatic nitrogens is 2. The van der Waals surface area contributed by atoms with Gasteiger partial charge in [-0.1, -0.05) is 0 Å². The van der Waals surface area contributed by atoms with Crippen molar-refractivity contribution in [2.45, 2.75) is 6.92 Å². The number of hydrogen-bond donors (Lipinski definition) is 0. The fourth-order valence-corrected chi connectivity index (χ4v) is 1.71. The number of carbonyl (C=O) groups excluding carboxylic acids is 1. The number of aryl methyl sites for hydroxylation is 1. The Labute approximate surface area is 85.5 Å². The van der Waals surface area contributed by atoms with Gasteiger partial charge in [-0.2, -0.15) is 0 Å². The molecule has 2 aromatic rings. The first kappa shape index (κ1) is 9.02. The van der Waals surface area contributed by atoms with Crippen molar-refractivity contribution in [2.24, 2.45) is 0 Å². The van der Waals surface area contributed by atoms with Crippen molar-refractivity contribution in [3.05, 3.63) is 46.2 Å². The molecule has 0 saturated carbocycles. The second-order valence-corrected chi connectivity index (χ2v) is 3.88. The van der Waals surface area contributed by atoms with Crippen molar-refractivity contribution < 1.29 is 4.79 Å². The average Bonchev–Trinajstić information content (AvgIpc) is 2.65. The molecule has 0 amide bonds. The summed E-state index contributed by atoms with van der Waals surface area (Å²) >= 11 is 1.48. The summed E-state index contributed by atoms with van der Waals surface area (Å²) < 4.78 is 0. The second kappa shape index (κ2) is 3.67. The zero-order chi connectivity index (χ0) is 9.97. The summed E-state index contributed by atoms with van der Waals surface area (Å²) in [6.07, 6.45) is 3.19. The smallest absolute Gasteiger partial charge is 0.213 e. The van der Waals surface area contributed by atoms with E-state index in [1.54, 1.807) is 29.9 Å². The Morgan fingerprint density at radius 2 is 2.36 bits per heavy atom. The molecule has 0 aliphatic heterocycles. The van der Waals surface area contributed by atoms with E-state index in [1.165, 1.54) is 11.3 Å². The van der Waals surface area contributed by atoms with Crippen molar-refractivity contribution >= 4 is 17.1 Å². The SMILES string of the molecule is Cc1nc(C(=O)c2cccnc2)cs1. The van der Waals surface area contributed by atoms with Gasteiger partial charge in [0.25, 0.3) is 0 Å². The molecule has 0 N–H and O–H groups in total. The summed E-state index contributed by atoms with van der Waals surface area (Å²) in [6, 6.07) is 3.48. The zero-order valence-corrected chi connectivity index (χ0v) is 8.41. The molecule has 0 atom stereocenters. The van der Waals surface area contributed by atoms with E-state index in [9.17, 15) is 4.79 Å². The molecule has 0 aromatic carbocycles. The molecule has 0 saturated heterocycles. The molecule has 0 fully saturated rings. The number of carbonyl (C=O) groups is 1. The first-order chi connectivity index (χ1) is 6.77. The van der Waals surface area contributed by atoms with E-state index in [4.69, 9.17) is 0 Å². The molecule has 2 rings (SSSR count). The van der Waals surface area contributed by atoms with Crippen LogP contribution in [0.25, 0.3) is 0 Å². The number of thiazole rings is 1. The van der Waals surface area contributed by atoms with Gasteiger partial charge in [0.15, 0.2) is 0 Å². The van der Waals surface area contributed by atoms with Gasteiger partial charge in [0.1, 0.15) is 5.69 Å². The summed E-state index contributed by atoms with van der Waals surface area (Å²) in [6.45, 7) is 1.88. The van der Waals surface area contributed by atoms with Gasteiger partial charge < -0.3 is 0 Å². The number of pyridine rings is 1. The Bertz CT molecular complexity index is 450. The van der Waals surface area contributed by atoms with Crippen molar-refractivity contribution in [2.75, 3.05) is 0 Å². The van der Waals surface area contributed by atoms with Crippen LogP contribution in [-0.4, -0.2) is 15.8 Å². The molecule has 2 heterocycles. The van der Waals surface area contributed by atoms with Crippen LogP contribution in [-0.2, 0) is 0 Å². The Hall–Kier alpha value is -1.55. The van der Waals surface area contributed by atoms with Crippen molar-refractivity contribution in [1.29, 1.82) is 0 Å². The molecular weight excluding hydrogens is 196 g/mol. The van der Waals surface area contributed by atoms with E-state index >= 15 is 0 Å². The highest BCUT2D eigenvalue weighted by molar-refractivity contribution is 7.09. The van der Waals surface area contributed by atoms with Crippen molar-refractivity contribution in [3.63, 3.8) is 0 Å². The lowest BCUT2D eigenvalue weighted by Gasteiger charge is -1.94.